The minimum atomic E-state index is -4.16. The molecule has 0 aromatic carbocycles. The first-order valence-corrected chi connectivity index (χ1v) is 4.94. The highest BCUT2D eigenvalue weighted by Crippen LogP contribution is 2.27. The molecule has 0 spiro atoms. The lowest BCUT2D eigenvalue weighted by molar-refractivity contribution is -0.144. The van der Waals surface area contributed by atoms with Crippen molar-refractivity contribution in [1.82, 2.24) is 10.6 Å². The van der Waals surface area contributed by atoms with Crippen LogP contribution in [0.25, 0.3) is 0 Å². The van der Waals surface area contributed by atoms with E-state index in [1.807, 2.05) is 0 Å². The summed E-state index contributed by atoms with van der Waals surface area (Å²) in [4.78, 5) is 11.3. The molecule has 0 bridgehead atoms. The summed E-state index contributed by atoms with van der Waals surface area (Å²) in [6.07, 6.45) is -4.16. The Hall–Kier alpha value is -0.780. The van der Waals surface area contributed by atoms with Gasteiger partial charge in [-0.3, -0.25) is 4.79 Å². The van der Waals surface area contributed by atoms with E-state index in [-0.39, 0.29) is 18.2 Å². The van der Waals surface area contributed by atoms with Gasteiger partial charge in [0, 0.05) is 19.0 Å². The first-order valence-electron chi connectivity index (χ1n) is 4.94. The maximum absolute atomic E-state index is 12.1. The van der Waals surface area contributed by atoms with Gasteiger partial charge >= 0.3 is 6.18 Å². The van der Waals surface area contributed by atoms with Crippen molar-refractivity contribution in [2.75, 3.05) is 13.6 Å². The number of rotatable bonds is 2. The van der Waals surface area contributed by atoms with Gasteiger partial charge in [-0.05, 0) is 19.4 Å². The number of carbonyl (C=O) groups excluding carboxylic acids is 1. The Morgan fingerprint density at radius 3 is 2.73 bits per heavy atom. The zero-order valence-corrected chi connectivity index (χ0v) is 8.53. The molecule has 0 aromatic heterocycles. The third-order valence-corrected chi connectivity index (χ3v) is 2.59. The Kier molecular flexibility index (Phi) is 3.96. The smallest absolute Gasteiger partial charge is 0.359 e. The molecular weight excluding hydrogens is 209 g/mol. The third-order valence-electron chi connectivity index (χ3n) is 2.59. The molecule has 0 aromatic rings. The van der Waals surface area contributed by atoms with Crippen LogP contribution >= 0.6 is 0 Å². The molecule has 2 unspecified atom stereocenters. The second kappa shape index (κ2) is 4.83. The van der Waals surface area contributed by atoms with Gasteiger partial charge in [-0.2, -0.15) is 13.2 Å². The molecule has 1 heterocycles. The van der Waals surface area contributed by atoms with Gasteiger partial charge in [-0.15, -0.1) is 0 Å². The molecule has 3 nitrogen and oxygen atoms in total. The molecular formula is C9H15F3N2O. The predicted octanol–water partition coefficient (Wildman–Crippen LogP) is 1.05. The first-order chi connectivity index (χ1) is 6.92. The van der Waals surface area contributed by atoms with Crippen LogP contribution in [0.1, 0.15) is 19.3 Å². The van der Waals surface area contributed by atoms with Crippen molar-refractivity contribution in [3.05, 3.63) is 0 Å². The number of alkyl halides is 3. The van der Waals surface area contributed by atoms with E-state index < -0.39 is 18.6 Å². The van der Waals surface area contributed by atoms with Crippen LogP contribution in [0.4, 0.5) is 13.2 Å². The Labute approximate surface area is 86.4 Å². The highest BCUT2D eigenvalue weighted by atomic mass is 19.4. The van der Waals surface area contributed by atoms with Crippen LogP contribution in [0.2, 0.25) is 0 Å². The zero-order chi connectivity index (χ0) is 11.5. The quantitative estimate of drug-likeness (QED) is 0.736. The summed E-state index contributed by atoms with van der Waals surface area (Å²) >= 11 is 0. The standard InChI is InChI=1S/C9H15F3N2O/c1-13-8(15)6-2-3-14-7(4-6)5-9(10,11)12/h6-7,14H,2-5H2,1H3,(H,13,15). The Morgan fingerprint density at radius 2 is 2.20 bits per heavy atom. The van der Waals surface area contributed by atoms with Crippen LogP contribution in [0.5, 0.6) is 0 Å². The van der Waals surface area contributed by atoms with Crippen LogP contribution in [-0.4, -0.2) is 31.7 Å². The highest BCUT2D eigenvalue weighted by Gasteiger charge is 2.35. The molecule has 0 radical (unpaired) electrons. The number of carbonyl (C=O) groups is 1. The van der Waals surface area contributed by atoms with Gasteiger partial charge in [-0.25, -0.2) is 0 Å². The third kappa shape index (κ3) is 4.07. The summed E-state index contributed by atoms with van der Waals surface area (Å²) in [5.74, 6) is -0.452. The van der Waals surface area contributed by atoms with Crippen LogP contribution < -0.4 is 10.6 Å². The average molecular weight is 224 g/mol. The van der Waals surface area contributed by atoms with Crippen molar-refractivity contribution < 1.29 is 18.0 Å². The van der Waals surface area contributed by atoms with Crippen molar-refractivity contribution in [3.8, 4) is 0 Å². The summed E-state index contributed by atoms with van der Waals surface area (Å²) in [7, 11) is 1.50. The van der Waals surface area contributed by atoms with Crippen molar-refractivity contribution >= 4 is 5.91 Å². The molecule has 1 saturated heterocycles. The monoisotopic (exact) mass is 224 g/mol. The topological polar surface area (TPSA) is 41.1 Å². The lowest BCUT2D eigenvalue weighted by atomic mass is 9.90. The largest absolute Gasteiger partial charge is 0.390 e. The molecule has 1 aliphatic heterocycles. The fourth-order valence-electron chi connectivity index (χ4n) is 1.88. The Bertz CT molecular complexity index is 230. The molecule has 88 valence electrons. The molecule has 6 heteroatoms. The summed E-state index contributed by atoms with van der Waals surface area (Å²) in [6, 6.07) is -0.624. The number of nitrogens with one attached hydrogen (secondary N) is 2. The molecule has 1 rings (SSSR count). The van der Waals surface area contributed by atoms with E-state index in [2.05, 4.69) is 10.6 Å². The fraction of sp³-hybridized carbons (Fsp3) is 0.889. The lowest BCUT2D eigenvalue weighted by Crippen LogP contribution is -2.44. The fourth-order valence-corrected chi connectivity index (χ4v) is 1.88. The van der Waals surface area contributed by atoms with Crippen molar-refractivity contribution in [2.24, 2.45) is 5.92 Å². The highest BCUT2D eigenvalue weighted by molar-refractivity contribution is 5.78. The van der Waals surface area contributed by atoms with Gasteiger partial charge in [0.05, 0.1) is 6.42 Å². The normalized spacial score (nSPS) is 27.5. The van der Waals surface area contributed by atoms with E-state index in [1.54, 1.807) is 0 Å². The van der Waals surface area contributed by atoms with E-state index >= 15 is 0 Å². The van der Waals surface area contributed by atoms with Gasteiger partial charge < -0.3 is 10.6 Å². The molecule has 2 N–H and O–H groups in total. The molecule has 1 amide bonds. The van der Waals surface area contributed by atoms with Crippen LogP contribution in [-0.2, 0) is 4.79 Å². The summed E-state index contributed by atoms with van der Waals surface area (Å²) < 4.78 is 36.3. The van der Waals surface area contributed by atoms with Gasteiger partial charge in [0.1, 0.15) is 0 Å². The lowest BCUT2D eigenvalue weighted by Gasteiger charge is -2.29. The maximum atomic E-state index is 12.1. The molecule has 1 aliphatic rings. The minimum Gasteiger partial charge on any atom is -0.359 e. The maximum Gasteiger partial charge on any atom is 0.390 e. The summed E-state index contributed by atoms with van der Waals surface area (Å²) in [5.41, 5.74) is 0. The van der Waals surface area contributed by atoms with Gasteiger partial charge in [0.25, 0.3) is 0 Å². The SMILES string of the molecule is CNC(=O)C1CCNC(CC(F)(F)F)C1. The number of piperidine rings is 1. The van der Waals surface area contributed by atoms with Crippen molar-refractivity contribution in [3.63, 3.8) is 0 Å². The molecule has 2 atom stereocenters. The van der Waals surface area contributed by atoms with Gasteiger partial charge in [-0.1, -0.05) is 0 Å². The van der Waals surface area contributed by atoms with Crippen LogP contribution in [0.15, 0.2) is 0 Å². The molecule has 0 aliphatic carbocycles. The second-order valence-corrected chi connectivity index (χ2v) is 3.81. The van der Waals surface area contributed by atoms with E-state index in [9.17, 15) is 18.0 Å². The molecule has 15 heavy (non-hydrogen) atoms. The van der Waals surface area contributed by atoms with Crippen molar-refractivity contribution in [1.29, 1.82) is 0 Å². The predicted molar refractivity (Wildman–Crippen MR) is 49.3 cm³/mol. The summed E-state index contributed by atoms with van der Waals surface area (Å²) in [6.45, 7) is 0.471. The van der Waals surface area contributed by atoms with E-state index in [4.69, 9.17) is 0 Å². The first kappa shape index (κ1) is 12.3. The molecule has 1 fully saturated rings. The van der Waals surface area contributed by atoms with Crippen molar-refractivity contribution in [2.45, 2.75) is 31.5 Å². The number of halogens is 3. The molecule has 0 saturated carbocycles. The van der Waals surface area contributed by atoms with E-state index in [1.165, 1.54) is 7.05 Å². The van der Waals surface area contributed by atoms with Crippen LogP contribution in [0, 0.1) is 5.92 Å². The number of hydrogen-bond acceptors (Lipinski definition) is 2. The second-order valence-electron chi connectivity index (χ2n) is 3.81. The van der Waals surface area contributed by atoms with E-state index in [0.29, 0.717) is 13.0 Å². The van der Waals surface area contributed by atoms with Gasteiger partial charge in [0.2, 0.25) is 5.91 Å². The van der Waals surface area contributed by atoms with Gasteiger partial charge in [0.15, 0.2) is 0 Å². The number of amides is 1. The van der Waals surface area contributed by atoms with E-state index in [0.717, 1.165) is 0 Å². The Morgan fingerprint density at radius 1 is 1.53 bits per heavy atom. The number of hydrogen-bond donors (Lipinski definition) is 2. The average Bonchev–Trinajstić information content (AvgIpc) is 2.14. The summed E-state index contributed by atoms with van der Waals surface area (Å²) in [5, 5.41) is 5.25. The van der Waals surface area contributed by atoms with Crippen LogP contribution in [0.3, 0.4) is 0 Å². The Balaban J connectivity index is 2.46. The minimum absolute atomic E-state index is 0.163. The zero-order valence-electron chi connectivity index (χ0n) is 8.53.